The van der Waals surface area contributed by atoms with Crippen molar-refractivity contribution in [2.24, 2.45) is 0 Å². The highest BCUT2D eigenvalue weighted by Crippen LogP contribution is 2.32. The quantitative estimate of drug-likeness (QED) is 0.542. The normalized spacial score (nSPS) is 17.7. The number of hydrogen-bond acceptors (Lipinski definition) is 7. The molecule has 2 N–H and O–H groups in total. The number of rotatable bonds is 9. The third-order valence-corrected chi connectivity index (χ3v) is 5.51. The maximum absolute atomic E-state index is 13.3. The Morgan fingerprint density at radius 1 is 1.06 bits per heavy atom. The van der Waals surface area contributed by atoms with Gasteiger partial charge in [0.1, 0.15) is 5.70 Å². The predicted octanol–water partition coefficient (Wildman–Crippen LogP) is 0.760. The minimum atomic E-state index is -0.331. The highest BCUT2D eigenvalue weighted by Gasteiger charge is 2.41. The van der Waals surface area contributed by atoms with Gasteiger partial charge in [0, 0.05) is 45.3 Å². The van der Waals surface area contributed by atoms with Crippen LogP contribution in [-0.2, 0) is 19.1 Å². The van der Waals surface area contributed by atoms with Gasteiger partial charge in [0.05, 0.1) is 31.4 Å². The second-order valence-corrected chi connectivity index (χ2v) is 8.22. The van der Waals surface area contributed by atoms with Gasteiger partial charge < -0.3 is 20.1 Å². The molecule has 2 aliphatic heterocycles. The van der Waals surface area contributed by atoms with E-state index < -0.39 is 0 Å². The summed E-state index contributed by atoms with van der Waals surface area (Å²) in [5.41, 5.74) is 2.05. The van der Waals surface area contributed by atoms with Gasteiger partial charge in [-0.15, -0.1) is 0 Å². The molecule has 0 atom stereocenters. The molecule has 1 fully saturated rings. The molecular formula is C23H32N4O5. The SMILES string of the molecule is CC(=O)Nc1ccc(C2=C(N3CCN(CCO)CC3)C(=O)N(CCOC(C)C)C2=O)cc1. The molecule has 0 saturated carbocycles. The van der Waals surface area contributed by atoms with E-state index in [1.807, 2.05) is 18.7 Å². The van der Waals surface area contributed by atoms with Crippen molar-refractivity contribution < 1.29 is 24.2 Å². The molecule has 1 aromatic carbocycles. The van der Waals surface area contributed by atoms with E-state index in [4.69, 9.17) is 4.74 Å². The van der Waals surface area contributed by atoms with Crippen LogP contribution in [0.5, 0.6) is 0 Å². The summed E-state index contributed by atoms with van der Waals surface area (Å²) in [4.78, 5) is 43.3. The van der Waals surface area contributed by atoms with Gasteiger partial charge in [-0.25, -0.2) is 0 Å². The van der Waals surface area contributed by atoms with Crippen LogP contribution in [0.3, 0.4) is 0 Å². The number of benzene rings is 1. The van der Waals surface area contributed by atoms with Crippen molar-refractivity contribution in [1.29, 1.82) is 0 Å². The van der Waals surface area contributed by atoms with Crippen LogP contribution >= 0.6 is 0 Å². The topological polar surface area (TPSA) is 102 Å². The highest BCUT2D eigenvalue weighted by atomic mass is 16.5. The third kappa shape index (κ3) is 5.53. The molecule has 0 aliphatic carbocycles. The van der Waals surface area contributed by atoms with E-state index in [1.54, 1.807) is 24.3 Å². The number of hydrogen-bond donors (Lipinski definition) is 2. The summed E-state index contributed by atoms with van der Waals surface area (Å²) in [5.74, 6) is -0.817. The zero-order valence-corrected chi connectivity index (χ0v) is 19.0. The van der Waals surface area contributed by atoms with E-state index in [0.717, 1.165) is 0 Å². The summed E-state index contributed by atoms with van der Waals surface area (Å²) in [6, 6.07) is 6.95. The van der Waals surface area contributed by atoms with E-state index in [9.17, 15) is 19.5 Å². The lowest BCUT2D eigenvalue weighted by Crippen LogP contribution is -2.48. The fourth-order valence-electron chi connectivity index (χ4n) is 3.96. The van der Waals surface area contributed by atoms with Crippen molar-refractivity contribution in [3.63, 3.8) is 0 Å². The molecule has 3 rings (SSSR count). The van der Waals surface area contributed by atoms with Gasteiger partial charge in [-0.3, -0.25) is 24.2 Å². The van der Waals surface area contributed by atoms with Crippen molar-refractivity contribution in [2.45, 2.75) is 26.9 Å². The van der Waals surface area contributed by atoms with E-state index in [1.165, 1.54) is 11.8 Å². The lowest BCUT2D eigenvalue weighted by molar-refractivity contribution is -0.138. The highest BCUT2D eigenvalue weighted by molar-refractivity contribution is 6.35. The summed E-state index contributed by atoms with van der Waals surface area (Å²) < 4.78 is 5.57. The number of carbonyl (C=O) groups is 3. The Morgan fingerprint density at radius 2 is 1.72 bits per heavy atom. The maximum atomic E-state index is 13.3. The summed E-state index contributed by atoms with van der Waals surface area (Å²) >= 11 is 0. The standard InChI is InChI=1S/C23H32N4O5/c1-16(2)32-15-13-27-22(30)20(18-4-6-19(7-5-18)24-17(3)29)21(23(27)31)26-10-8-25(9-11-26)12-14-28/h4-7,16,28H,8-15H2,1-3H3,(H,24,29). The molecule has 3 amide bonds. The summed E-state index contributed by atoms with van der Waals surface area (Å²) in [6.07, 6.45) is 0.00984. The van der Waals surface area contributed by atoms with Crippen LogP contribution in [0, 0.1) is 0 Å². The molecule has 0 unspecified atom stereocenters. The van der Waals surface area contributed by atoms with Crippen LogP contribution in [0.4, 0.5) is 5.69 Å². The van der Waals surface area contributed by atoms with E-state index in [-0.39, 0.29) is 43.6 Å². The number of amides is 3. The molecule has 0 spiro atoms. The Morgan fingerprint density at radius 3 is 2.28 bits per heavy atom. The van der Waals surface area contributed by atoms with Gasteiger partial charge in [-0.2, -0.15) is 0 Å². The second kappa shape index (κ2) is 10.7. The molecule has 1 aromatic rings. The minimum absolute atomic E-state index is 0.00984. The summed E-state index contributed by atoms with van der Waals surface area (Å²) in [6.45, 7) is 9.01. The lowest BCUT2D eigenvalue weighted by atomic mass is 10.0. The first-order valence-corrected chi connectivity index (χ1v) is 11.0. The molecule has 9 heteroatoms. The van der Waals surface area contributed by atoms with Crippen LogP contribution in [0.25, 0.3) is 5.57 Å². The van der Waals surface area contributed by atoms with Crippen molar-refractivity contribution >= 4 is 29.0 Å². The Balaban J connectivity index is 1.88. The lowest BCUT2D eigenvalue weighted by Gasteiger charge is -2.36. The number of imide groups is 1. The van der Waals surface area contributed by atoms with Gasteiger partial charge in [0.2, 0.25) is 5.91 Å². The molecule has 1 saturated heterocycles. The molecule has 32 heavy (non-hydrogen) atoms. The van der Waals surface area contributed by atoms with Gasteiger partial charge in [-0.1, -0.05) is 12.1 Å². The molecule has 0 radical (unpaired) electrons. The number of piperazine rings is 1. The number of nitrogens with zero attached hydrogens (tertiary/aromatic N) is 3. The number of ether oxygens (including phenoxy) is 1. The average molecular weight is 445 g/mol. The monoisotopic (exact) mass is 444 g/mol. The van der Waals surface area contributed by atoms with Gasteiger partial charge in [0.15, 0.2) is 0 Å². The minimum Gasteiger partial charge on any atom is -0.395 e. The van der Waals surface area contributed by atoms with E-state index in [0.29, 0.717) is 55.2 Å². The molecule has 0 bridgehead atoms. The first kappa shape index (κ1) is 23.9. The first-order valence-electron chi connectivity index (χ1n) is 11.0. The Hall–Kier alpha value is -2.75. The van der Waals surface area contributed by atoms with Crippen molar-refractivity contribution in [2.75, 3.05) is 57.8 Å². The smallest absolute Gasteiger partial charge is 0.277 e. The summed E-state index contributed by atoms with van der Waals surface area (Å²) in [5, 5.41) is 11.9. The van der Waals surface area contributed by atoms with Gasteiger partial charge in [-0.05, 0) is 31.5 Å². The number of β-amino-alcohol motifs (C(OH)–C–C–N with tert-alkyl or cyclic N) is 1. The number of aliphatic hydroxyl groups is 1. The number of nitrogens with one attached hydrogen (secondary N) is 1. The Labute approximate surface area is 188 Å². The van der Waals surface area contributed by atoms with Crippen LogP contribution in [0.15, 0.2) is 30.0 Å². The Bertz CT molecular complexity index is 873. The van der Waals surface area contributed by atoms with Crippen LogP contribution < -0.4 is 5.32 Å². The third-order valence-electron chi connectivity index (χ3n) is 5.51. The molecule has 174 valence electrons. The fraction of sp³-hybridized carbons (Fsp3) is 0.522. The molecule has 0 aromatic heterocycles. The second-order valence-electron chi connectivity index (χ2n) is 8.22. The maximum Gasteiger partial charge on any atom is 0.277 e. The molecule has 9 nitrogen and oxygen atoms in total. The Kier molecular flexibility index (Phi) is 8.00. The van der Waals surface area contributed by atoms with Crippen molar-refractivity contribution in [1.82, 2.24) is 14.7 Å². The predicted molar refractivity (Wildman–Crippen MR) is 121 cm³/mol. The van der Waals surface area contributed by atoms with E-state index in [2.05, 4.69) is 10.2 Å². The van der Waals surface area contributed by atoms with Gasteiger partial charge >= 0.3 is 0 Å². The van der Waals surface area contributed by atoms with Gasteiger partial charge in [0.25, 0.3) is 11.8 Å². The van der Waals surface area contributed by atoms with Crippen LogP contribution in [0.1, 0.15) is 26.3 Å². The number of carbonyl (C=O) groups excluding carboxylic acids is 3. The van der Waals surface area contributed by atoms with Crippen LogP contribution in [0.2, 0.25) is 0 Å². The van der Waals surface area contributed by atoms with Crippen molar-refractivity contribution in [3.8, 4) is 0 Å². The largest absolute Gasteiger partial charge is 0.395 e. The number of aliphatic hydroxyl groups excluding tert-OH is 1. The summed E-state index contributed by atoms with van der Waals surface area (Å²) in [7, 11) is 0. The fourth-order valence-corrected chi connectivity index (χ4v) is 3.96. The molecule has 2 heterocycles. The van der Waals surface area contributed by atoms with Crippen LogP contribution in [-0.4, -0.2) is 96.1 Å². The zero-order chi connectivity index (χ0) is 23.3. The molecular weight excluding hydrogens is 412 g/mol. The first-order chi connectivity index (χ1) is 15.3. The average Bonchev–Trinajstić information content (AvgIpc) is 2.99. The zero-order valence-electron chi connectivity index (χ0n) is 19.0. The molecule has 2 aliphatic rings. The van der Waals surface area contributed by atoms with Crippen molar-refractivity contribution in [3.05, 3.63) is 35.5 Å². The number of anilines is 1. The van der Waals surface area contributed by atoms with E-state index >= 15 is 0 Å².